The molecular weight excluding hydrogens is 288 g/mol. The van der Waals surface area contributed by atoms with E-state index in [4.69, 9.17) is 4.52 Å². The van der Waals surface area contributed by atoms with E-state index in [0.29, 0.717) is 18.2 Å². The maximum absolute atomic E-state index is 12.1. The summed E-state index contributed by atoms with van der Waals surface area (Å²) in [6.07, 6.45) is 2.47. The number of carbonyl (C=O) groups excluding carboxylic acids is 1. The zero-order valence-electron chi connectivity index (χ0n) is 14.4. The molecule has 1 N–H and O–H groups in total. The normalized spacial score (nSPS) is 12.9. The van der Waals surface area contributed by atoms with Crippen molar-refractivity contribution in [1.82, 2.24) is 5.16 Å². The van der Waals surface area contributed by atoms with Crippen LogP contribution in [0, 0.1) is 5.92 Å². The number of carbonyl (C=O) groups is 1. The van der Waals surface area contributed by atoms with Gasteiger partial charge in [-0.15, -0.1) is 0 Å². The average Bonchev–Trinajstić information content (AvgIpc) is 2.94. The summed E-state index contributed by atoms with van der Waals surface area (Å²) in [6, 6.07) is 12.2. The Hall–Kier alpha value is -2.10. The summed E-state index contributed by atoms with van der Waals surface area (Å²) in [6.45, 7) is 8.24. The molecule has 1 aromatic carbocycles. The largest absolute Gasteiger partial charge is 0.359 e. The van der Waals surface area contributed by atoms with Gasteiger partial charge in [-0.05, 0) is 24.3 Å². The molecule has 1 atom stereocenters. The van der Waals surface area contributed by atoms with Crippen LogP contribution in [0.5, 0.6) is 0 Å². The molecule has 0 spiro atoms. The zero-order chi connectivity index (χ0) is 16.9. The third kappa shape index (κ3) is 5.55. The molecule has 2 aromatic rings. The molecule has 2 rings (SSSR count). The molecular formula is C19H26N2O2. The van der Waals surface area contributed by atoms with Crippen LogP contribution in [0.2, 0.25) is 0 Å². The molecule has 4 heteroatoms. The zero-order valence-corrected chi connectivity index (χ0v) is 14.4. The van der Waals surface area contributed by atoms with Gasteiger partial charge in [0.05, 0.1) is 0 Å². The number of rotatable bonds is 6. The van der Waals surface area contributed by atoms with E-state index in [0.717, 1.165) is 18.6 Å². The summed E-state index contributed by atoms with van der Waals surface area (Å²) < 4.78 is 5.28. The van der Waals surface area contributed by atoms with E-state index in [9.17, 15) is 4.79 Å². The molecule has 0 aliphatic heterocycles. The van der Waals surface area contributed by atoms with E-state index >= 15 is 0 Å². The highest BCUT2D eigenvalue weighted by Crippen LogP contribution is 2.24. The van der Waals surface area contributed by atoms with Crippen LogP contribution in [-0.4, -0.2) is 11.1 Å². The van der Waals surface area contributed by atoms with Crippen molar-refractivity contribution in [2.75, 3.05) is 5.32 Å². The third-order valence-corrected chi connectivity index (χ3v) is 3.82. The highest BCUT2D eigenvalue weighted by atomic mass is 16.5. The number of hydrogen-bond donors (Lipinski definition) is 1. The van der Waals surface area contributed by atoms with Gasteiger partial charge in [0.25, 0.3) is 0 Å². The SMILES string of the molecule is CC(CCc1ccccc1)CC(=O)Nc1cc(C(C)(C)C)on1. The van der Waals surface area contributed by atoms with Crippen molar-refractivity contribution in [2.24, 2.45) is 5.92 Å². The summed E-state index contributed by atoms with van der Waals surface area (Å²) in [4.78, 5) is 12.1. The topological polar surface area (TPSA) is 55.1 Å². The second kappa shape index (κ2) is 7.44. The van der Waals surface area contributed by atoms with Gasteiger partial charge < -0.3 is 9.84 Å². The van der Waals surface area contributed by atoms with Crippen molar-refractivity contribution >= 4 is 11.7 Å². The highest BCUT2D eigenvalue weighted by molar-refractivity contribution is 5.89. The first-order valence-corrected chi connectivity index (χ1v) is 8.15. The molecule has 1 heterocycles. The number of hydrogen-bond acceptors (Lipinski definition) is 3. The number of aromatic nitrogens is 1. The first-order chi connectivity index (χ1) is 10.8. The highest BCUT2D eigenvalue weighted by Gasteiger charge is 2.20. The average molecular weight is 314 g/mol. The summed E-state index contributed by atoms with van der Waals surface area (Å²) in [5, 5.41) is 6.74. The van der Waals surface area contributed by atoms with Gasteiger partial charge in [-0.2, -0.15) is 0 Å². The summed E-state index contributed by atoms with van der Waals surface area (Å²) in [5.41, 5.74) is 1.20. The van der Waals surface area contributed by atoms with Crippen LogP contribution in [-0.2, 0) is 16.6 Å². The first-order valence-electron chi connectivity index (χ1n) is 8.15. The fourth-order valence-electron chi connectivity index (χ4n) is 2.36. The van der Waals surface area contributed by atoms with E-state index in [1.807, 2.05) is 39.0 Å². The van der Waals surface area contributed by atoms with Crippen LogP contribution in [0.1, 0.15) is 51.9 Å². The van der Waals surface area contributed by atoms with Crippen molar-refractivity contribution < 1.29 is 9.32 Å². The Morgan fingerprint density at radius 3 is 2.57 bits per heavy atom. The second-order valence-electron chi connectivity index (χ2n) is 7.21. The number of anilines is 1. The van der Waals surface area contributed by atoms with Crippen molar-refractivity contribution in [1.29, 1.82) is 0 Å². The standard InChI is InChI=1S/C19H26N2O2/c1-14(10-11-15-8-6-5-7-9-15)12-18(22)20-17-13-16(23-21-17)19(2,3)4/h5-9,13-14H,10-12H2,1-4H3,(H,20,21,22). The van der Waals surface area contributed by atoms with Gasteiger partial charge in [-0.3, -0.25) is 4.79 Å². The van der Waals surface area contributed by atoms with Crippen LogP contribution in [0.4, 0.5) is 5.82 Å². The number of aryl methyl sites for hydroxylation is 1. The quantitative estimate of drug-likeness (QED) is 0.849. The lowest BCUT2D eigenvalue weighted by Gasteiger charge is -2.12. The summed E-state index contributed by atoms with van der Waals surface area (Å²) in [5.74, 6) is 1.57. The third-order valence-electron chi connectivity index (χ3n) is 3.82. The Balaban J connectivity index is 1.79. The van der Waals surface area contributed by atoms with Crippen LogP contribution in [0.25, 0.3) is 0 Å². The first kappa shape index (κ1) is 17.3. The molecule has 1 amide bonds. The van der Waals surface area contributed by atoms with E-state index < -0.39 is 0 Å². The Morgan fingerprint density at radius 2 is 1.96 bits per heavy atom. The summed E-state index contributed by atoms with van der Waals surface area (Å²) >= 11 is 0. The van der Waals surface area contributed by atoms with Crippen LogP contribution in [0.3, 0.4) is 0 Å². The molecule has 23 heavy (non-hydrogen) atoms. The molecule has 0 saturated carbocycles. The van der Waals surface area contributed by atoms with Crippen LogP contribution < -0.4 is 5.32 Å². The van der Waals surface area contributed by atoms with Crippen molar-refractivity contribution in [3.05, 3.63) is 47.7 Å². The molecule has 0 aliphatic carbocycles. The van der Waals surface area contributed by atoms with Crippen LogP contribution >= 0.6 is 0 Å². The number of benzene rings is 1. The Kier molecular flexibility index (Phi) is 5.59. The van der Waals surface area contributed by atoms with E-state index in [-0.39, 0.29) is 11.3 Å². The Bertz CT molecular complexity index is 626. The molecule has 1 aromatic heterocycles. The van der Waals surface area contributed by atoms with Crippen molar-refractivity contribution in [3.8, 4) is 0 Å². The summed E-state index contributed by atoms with van der Waals surface area (Å²) in [7, 11) is 0. The van der Waals surface area contributed by atoms with Gasteiger partial charge in [0.2, 0.25) is 5.91 Å². The molecule has 0 saturated heterocycles. The maximum atomic E-state index is 12.1. The molecule has 0 bridgehead atoms. The van der Waals surface area contributed by atoms with Gasteiger partial charge in [0.1, 0.15) is 5.76 Å². The monoisotopic (exact) mass is 314 g/mol. The van der Waals surface area contributed by atoms with Crippen LogP contribution in [0.15, 0.2) is 40.9 Å². The predicted molar refractivity (Wildman–Crippen MR) is 92.4 cm³/mol. The number of amides is 1. The van der Waals surface area contributed by atoms with Gasteiger partial charge in [-0.1, -0.05) is 63.2 Å². The predicted octanol–water partition coefficient (Wildman–Crippen LogP) is 4.57. The minimum Gasteiger partial charge on any atom is -0.359 e. The fraction of sp³-hybridized carbons (Fsp3) is 0.474. The minimum absolute atomic E-state index is 0.0145. The molecule has 0 radical (unpaired) electrons. The maximum Gasteiger partial charge on any atom is 0.225 e. The van der Waals surface area contributed by atoms with E-state index in [1.54, 1.807) is 6.07 Å². The van der Waals surface area contributed by atoms with Gasteiger partial charge in [0, 0.05) is 17.9 Å². The Morgan fingerprint density at radius 1 is 1.26 bits per heavy atom. The second-order valence-corrected chi connectivity index (χ2v) is 7.21. The number of nitrogens with one attached hydrogen (secondary N) is 1. The molecule has 0 fully saturated rings. The molecule has 1 unspecified atom stereocenters. The fourth-order valence-corrected chi connectivity index (χ4v) is 2.36. The minimum atomic E-state index is -0.112. The Labute approximate surface area is 138 Å². The number of nitrogens with zero attached hydrogens (tertiary/aromatic N) is 1. The lowest BCUT2D eigenvalue weighted by molar-refractivity contribution is -0.117. The van der Waals surface area contributed by atoms with Crippen molar-refractivity contribution in [2.45, 2.75) is 52.4 Å². The van der Waals surface area contributed by atoms with Gasteiger partial charge in [0.15, 0.2) is 5.82 Å². The molecule has 4 nitrogen and oxygen atoms in total. The van der Waals surface area contributed by atoms with Crippen molar-refractivity contribution in [3.63, 3.8) is 0 Å². The van der Waals surface area contributed by atoms with Gasteiger partial charge >= 0.3 is 0 Å². The molecule has 0 aliphatic rings. The smallest absolute Gasteiger partial charge is 0.225 e. The van der Waals surface area contributed by atoms with E-state index in [2.05, 4.69) is 29.5 Å². The lowest BCUT2D eigenvalue weighted by Crippen LogP contribution is -2.16. The van der Waals surface area contributed by atoms with E-state index in [1.165, 1.54) is 5.56 Å². The lowest BCUT2D eigenvalue weighted by atomic mass is 9.93. The van der Waals surface area contributed by atoms with Gasteiger partial charge in [-0.25, -0.2) is 0 Å². The molecule has 124 valence electrons.